The molecular weight excluding hydrogens is 348 g/mol. The predicted molar refractivity (Wildman–Crippen MR) is 118 cm³/mol. The number of aryl methyl sites for hydroxylation is 2. The molecule has 0 saturated carbocycles. The van der Waals surface area contributed by atoms with E-state index in [-0.39, 0.29) is 0 Å². The van der Waals surface area contributed by atoms with Crippen molar-refractivity contribution in [3.63, 3.8) is 0 Å². The quantitative estimate of drug-likeness (QED) is 0.416. The highest BCUT2D eigenvalue weighted by Crippen LogP contribution is 2.29. The summed E-state index contributed by atoms with van der Waals surface area (Å²) in [6.07, 6.45) is 4.58. The van der Waals surface area contributed by atoms with Gasteiger partial charge in [-0.2, -0.15) is 0 Å². The van der Waals surface area contributed by atoms with E-state index in [1.54, 1.807) is 7.11 Å². The van der Waals surface area contributed by atoms with Gasteiger partial charge in [0.15, 0.2) is 0 Å². The lowest BCUT2D eigenvalue weighted by atomic mass is 9.98. The average Bonchev–Trinajstić information content (AvgIpc) is 2.68. The molecular formula is C25H26OS. The highest BCUT2D eigenvalue weighted by atomic mass is 32.2. The molecule has 0 heterocycles. The van der Waals surface area contributed by atoms with E-state index in [0.29, 0.717) is 5.92 Å². The molecule has 1 nitrogen and oxygen atoms in total. The average molecular weight is 375 g/mol. The number of hydrogen-bond donors (Lipinski definition) is 0. The van der Waals surface area contributed by atoms with Crippen molar-refractivity contribution in [1.29, 1.82) is 0 Å². The van der Waals surface area contributed by atoms with E-state index in [0.717, 1.165) is 11.5 Å². The van der Waals surface area contributed by atoms with Crippen LogP contribution in [0.15, 0.2) is 83.8 Å². The van der Waals surface area contributed by atoms with Gasteiger partial charge in [-0.25, -0.2) is 0 Å². The molecule has 0 fully saturated rings. The van der Waals surface area contributed by atoms with E-state index < -0.39 is 0 Å². The van der Waals surface area contributed by atoms with Gasteiger partial charge in [0.1, 0.15) is 5.75 Å². The summed E-state index contributed by atoms with van der Waals surface area (Å²) >= 11 is 1.88. The van der Waals surface area contributed by atoms with Gasteiger partial charge >= 0.3 is 0 Å². The summed E-state index contributed by atoms with van der Waals surface area (Å²) in [5.41, 5.74) is 5.20. The summed E-state index contributed by atoms with van der Waals surface area (Å²) in [5, 5.41) is 0. The molecule has 1 unspecified atom stereocenters. The fourth-order valence-electron chi connectivity index (χ4n) is 3.02. The molecule has 1 atom stereocenters. The van der Waals surface area contributed by atoms with Crippen molar-refractivity contribution in [2.24, 2.45) is 0 Å². The first-order valence-electron chi connectivity index (χ1n) is 9.22. The molecule has 0 aliphatic heterocycles. The maximum absolute atomic E-state index is 5.25. The fraction of sp³-hybridized carbons (Fsp3) is 0.200. The lowest BCUT2D eigenvalue weighted by Crippen LogP contribution is -1.99. The zero-order valence-electron chi connectivity index (χ0n) is 16.2. The van der Waals surface area contributed by atoms with Gasteiger partial charge in [0.05, 0.1) is 7.11 Å². The maximum Gasteiger partial charge on any atom is 0.118 e. The van der Waals surface area contributed by atoms with Crippen molar-refractivity contribution in [3.8, 4) is 5.75 Å². The van der Waals surface area contributed by atoms with Crippen LogP contribution in [0.1, 0.15) is 28.2 Å². The number of hydrogen-bond acceptors (Lipinski definition) is 2. The molecule has 3 aromatic carbocycles. The van der Waals surface area contributed by atoms with Crippen LogP contribution in [0.25, 0.3) is 6.08 Å². The van der Waals surface area contributed by atoms with Crippen molar-refractivity contribution in [2.75, 3.05) is 12.9 Å². The Balaban J connectivity index is 1.78. The summed E-state index contributed by atoms with van der Waals surface area (Å²) < 4.78 is 5.25. The highest BCUT2D eigenvalue weighted by Gasteiger charge is 2.10. The minimum Gasteiger partial charge on any atom is -0.497 e. The lowest BCUT2D eigenvalue weighted by Gasteiger charge is -2.14. The van der Waals surface area contributed by atoms with Gasteiger partial charge in [-0.3, -0.25) is 0 Å². The topological polar surface area (TPSA) is 9.23 Å². The van der Waals surface area contributed by atoms with Crippen LogP contribution in [0, 0.1) is 13.8 Å². The highest BCUT2D eigenvalue weighted by molar-refractivity contribution is 7.99. The molecule has 0 aliphatic carbocycles. The van der Waals surface area contributed by atoms with E-state index in [2.05, 4.69) is 86.7 Å². The Labute approximate surface area is 167 Å². The van der Waals surface area contributed by atoms with Crippen LogP contribution in [0.4, 0.5) is 0 Å². The lowest BCUT2D eigenvalue weighted by molar-refractivity contribution is 0.414. The van der Waals surface area contributed by atoms with Gasteiger partial charge in [-0.1, -0.05) is 71.8 Å². The summed E-state index contributed by atoms with van der Waals surface area (Å²) in [6, 6.07) is 25.7. The van der Waals surface area contributed by atoms with E-state index in [4.69, 9.17) is 4.74 Å². The molecule has 3 rings (SSSR count). The van der Waals surface area contributed by atoms with Gasteiger partial charge in [-0.05, 0) is 49.2 Å². The van der Waals surface area contributed by atoms with Gasteiger partial charge in [0, 0.05) is 16.6 Å². The zero-order chi connectivity index (χ0) is 19.1. The molecule has 138 valence electrons. The molecule has 0 bridgehead atoms. The second-order valence-corrected chi connectivity index (χ2v) is 7.87. The number of benzene rings is 3. The Kier molecular flexibility index (Phi) is 6.78. The Morgan fingerprint density at radius 3 is 2.26 bits per heavy atom. The second-order valence-electron chi connectivity index (χ2n) is 6.78. The fourth-order valence-corrected chi connectivity index (χ4v) is 4.03. The standard InChI is InChI=1S/C25H26OS/c1-19-6-4-8-21(16-19)10-11-23(22-9-5-7-20(2)17-22)18-27-25-14-12-24(26-3)13-15-25/h4-17,23H,18H2,1-3H3/b11-10+. The largest absolute Gasteiger partial charge is 0.497 e. The van der Waals surface area contributed by atoms with Crippen molar-refractivity contribution in [3.05, 3.63) is 101 Å². The third kappa shape index (κ3) is 5.77. The van der Waals surface area contributed by atoms with Crippen LogP contribution in [-0.4, -0.2) is 12.9 Å². The maximum atomic E-state index is 5.25. The normalized spacial score (nSPS) is 12.3. The molecule has 0 saturated heterocycles. The third-order valence-corrected chi connectivity index (χ3v) is 5.65. The first-order valence-corrected chi connectivity index (χ1v) is 10.2. The van der Waals surface area contributed by atoms with Crippen LogP contribution < -0.4 is 4.74 Å². The molecule has 0 aliphatic rings. The number of allylic oxidation sites excluding steroid dienone is 1. The smallest absolute Gasteiger partial charge is 0.118 e. The van der Waals surface area contributed by atoms with Crippen LogP contribution in [-0.2, 0) is 0 Å². The first kappa shape index (κ1) is 19.3. The minimum atomic E-state index is 0.359. The van der Waals surface area contributed by atoms with Crippen molar-refractivity contribution < 1.29 is 4.74 Å². The Bertz CT molecular complexity index is 896. The minimum absolute atomic E-state index is 0.359. The predicted octanol–water partition coefficient (Wildman–Crippen LogP) is 6.90. The van der Waals surface area contributed by atoms with Crippen LogP contribution >= 0.6 is 11.8 Å². The third-order valence-electron chi connectivity index (χ3n) is 4.52. The SMILES string of the molecule is COc1ccc(SCC(/C=C/c2cccc(C)c2)c2cccc(C)c2)cc1. The van der Waals surface area contributed by atoms with Gasteiger partial charge < -0.3 is 4.74 Å². The van der Waals surface area contributed by atoms with Gasteiger partial charge in [0.2, 0.25) is 0 Å². The van der Waals surface area contributed by atoms with Gasteiger partial charge in [-0.15, -0.1) is 11.8 Å². The number of rotatable bonds is 7. The molecule has 27 heavy (non-hydrogen) atoms. The number of ether oxygens (including phenoxy) is 1. The van der Waals surface area contributed by atoms with Crippen LogP contribution in [0.2, 0.25) is 0 Å². The van der Waals surface area contributed by atoms with Crippen molar-refractivity contribution in [2.45, 2.75) is 24.7 Å². The molecule has 3 aromatic rings. The van der Waals surface area contributed by atoms with Crippen LogP contribution in [0.3, 0.4) is 0 Å². The summed E-state index contributed by atoms with van der Waals surface area (Å²) in [7, 11) is 1.70. The molecule has 0 radical (unpaired) electrons. The molecule has 0 amide bonds. The summed E-state index contributed by atoms with van der Waals surface area (Å²) in [5.74, 6) is 2.25. The molecule has 0 aromatic heterocycles. The molecule has 0 spiro atoms. The number of thioether (sulfide) groups is 1. The Hall–Kier alpha value is -2.45. The summed E-state index contributed by atoms with van der Waals surface area (Å²) in [4.78, 5) is 1.26. The zero-order valence-corrected chi connectivity index (χ0v) is 17.0. The summed E-state index contributed by atoms with van der Waals surface area (Å²) in [6.45, 7) is 4.29. The second kappa shape index (κ2) is 9.48. The van der Waals surface area contributed by atoms with Gasteiger partial charge in [0.25, 0.3) is 0 Å². The van der Waals surface area contributed by atoms with E-state index in [9.17, 15) is 0 Å². The molecule has 2 heteroatoms. The van der Waals surface area contributed by atoms with Crippen LogP contribution in [0.5, 0.6) is 5.75 Å². The Morgan fingerprint density at radius 1 is 0.889 bits per heavy atom. The van der Waals surface area contributed by atoms with E-state index in [1.165, 1.54) is 27.1 Å². The monoisotopic (exact) mass is 374 g/mol. The van der Waals surface area contributed by atoms with E-state index >= 15 is 0 Å². The van der Waals surface area contributed by atoms with E-state index in [1.807, 2.05) is 23.9 Å². The van der Waals surface area contributed by atoms with Crippen molar-refractivity contribution in [1.82, 2.24) is 0 Å². The molecule has 0 N–H and O–H groups in total. The Morgan fingerprint density at radius 2 is 1.59 bits per heavy atom. The number of methoxy groups -OCH3 is 1. The first-order chi connectivity index (χ1) is 13.1. The van der Waals surface area contributed by atoms with Crippen molar-refractivity contribution >= 4 is 17.8 Å².